The smallest absolute Gasteiger partial charge is 0.326 e. The maximum Gasteiger partial charge on any atom is 0.326 e. The lowest BCUT2D eigenvalue weighted by molar-refractivity contribution is -0.139. The molecule has 0 aromatic carbocycles. The Balaban J connectivity index is 2.49. The van der Waals surface area contributed by atoms with Crippen LogP contribution in [0.4, 0.5) is 4.79 Å². The molecule has 5 N–H and O–H groups in total. The van der Waals surface area contributed by atoms with E-state index in [0.29, 0.717) is 5.01 Å². The van der Waals surface area contributed by atoms with Crippen LogP contribution in [0.3, 0.4) is 0 Å². The van der Waals surface area contributed by atoms with Crippen LogP contribution in [0.15, 0.2) is 11.6 Å². The number of rotatable bonds is 7. The number of carboxylic acid groups (broad SMARTS) is 1. The third-order valence-corrected chi connectivity index (χ3v) is 3.41. The highest BCUT2D eigenvalue weighted by atomic mass is 32.1. The molecule has 1 unspecified atom stereocenters. The van der Waals surface area contributed by atoms with Crippen LogP contribution >= 0.6 is 11.3 Å². The van der Waals surface area contributed by atoms with Crippen LogP contribution in [-0.4, -0.2) is 34.0 Å². The molecule has 1 aromatic heterocycles. The average Bonchev–Trinajstić information content (AvgIpc) is 2.87. The predicted molar refractivity (Wildman–Crippen MR) is 72.0 cm³/mol. The van der Waals surface area contributed by atoms with E-state index in [4.69, 9.17) is 10.8 Å². The van der Waals surface area contributed by atoms with E-state index < -0.39 is 23.9 Å². The van der Waals surface area contributed by atoms with Gasteiger partial charge >= 0.3 is 12.0 Å². The molecule has 0 bridgehead atoms. The molecule has 20 heavy (non-hydrogen) atoms. The van der Waals surface area contributed by atoms with Crippen LogP contribution in [-0.2, 0) is 9.59 Å². The minimum absolute atomic E-state index is 0.0519. The largest absolute Gasteiger partial charge is 0.480 e. The second-order valence-electron chi connectivity index (χ2n) is 4.11. The number of aromatic nitrogens is 1. The van der Waals surface area contributed by atoms with E-state index >= 15 is 0 Å². The zero-order valence-corrected chi connectivity index (χ0v) is 11.6. The Labute approximate surface area is 119 Å². The molecule has 8 nitrogen and oxygen atoms in total. The van der Waals surface area contributed by atoms with Gasteiger partial charge in [-0.3, -0.25) is 4.79 Å². The van der Waals surface area contributed by atoms with Crippen molar-refractivity contribution in [3.05, 3.63) is 16.6 Å². The van der Waals surface area contributed by atoms with Crippen LogP contribution in [0.5, 0.6) is 0 Å². The highest BCUT2D eigenvalue weighted by molar-refractivity contribution is 7.09. The van der Waals surface area contributed by atoms with Gasteiger partial charge in [-0.1, -0.05) is 0 Å². The van der Waals surface area contributed by atoms with Crippen molar-refractivity contribution in [1.82, 2.24) is 15.6 Å². The second kappa shape index (κ2) is 7.43. The normalized spacial score (nSPS) is 13.2. The minimum Gasteiger partial charge on any atom is -0.480 e. The summed E-state index contributed by atoms with van der Waals surface area (Å²) >= 11 is 1.38. The number of amides is 3. The van der Waals surface area contributed by atoms with Crippen LogP contribution in [0, 0.1) is 0 Å². The second-order valence-corrected chi connectivity index (χ2v) is 5.03. The molecule has 0 spiro atoms. The lowest BCUT2D eigenvalue weighted by atomic mass is 10.1. The van der Waals surface area contributed by atoms with Crippen molar-refractivity contribution >= 4 is 29.2 Å². The predicted octanol–water partition coefficient (Wildman–Crippen LogP) is 0.222. The molecule has 0 saturated carbocycles. The number of primary amides is 1. The summed E-state index contributed by atoms with van der Waals surface area (Å²) in [4.78, 5) is 37.3. The fourth-order valence-corrected chi connectivity index (χ4v) is 2.10. The Morgan fingerprint density at radius 2 is 2.15 bits per heavy atom. The number of nitrogens with one attached hydrogen (secondary N) is 2. The Morgan fingerprint density at radius 1 is 1.45 bits per heavy atom. The summed E-state index contributed by atoms with van der Waals surface area (Å²) in [5.74, 6) is -1.84. The summed E-state index contributed by atoms with van der Waals surface area (Å²) in [5.41, 5.74) is 4.95. The Morgan fingerprint density at radius 3 is 2.65 bits per heavy atom. The van der Waals surface area contributed by atoms with Gasteiger partial charge in [0.05, 0.1) is 6.04 Å². The Hall–Kier alpha value is -2.16. The number of carbonyl (C=O) groups is 3. The van der Waals surface area contributed by atoms with Crippen molar-refractivity contribution in [3.8, 4) is 0 Å². The van der Waals surface area contributed by atoms with E-state index in [2.05, 4.69) is 15.6 Å². The first kappa shape index (κ1) is 15.9. The number of urea groups is 1. The number of nitrogens with two attached hydrogens (primary N) is 1. The lowest BCUT2D eigenvalue weighted by Gasteiger charge is -2.16. The first-order chi connectivity index (χ1) is 9.40. The minimum atomic E-state index is -1.22. The molecule has 3 amide bonds. The zero-order chi connectivity index (χ0) is 15.1. The highest BCUT2D eigenvalue weighted by Gasteiger charge is 2.21. The van der Waals surface area contributed by atoms with Gasteiger partial charge in [-0.2, -0.15) is 0 Å². The van der Waals surface area contributed by atoms with Gasteiger partial charge in [0.1, 0.15) is 11.0 Å². The molecule has 1 aromatic rings. The maximum absolute atomic E-state index is 11.7. The molecule has 110 valence electrons. The quantitative estimate of drug-likeness (QED) is 0.571. The number of carbonyl (C=O) groups excluding carboxylic acids is 2. The molecule has 2 atom stereocenters. The summed E-state index contributed by atoms with van der Waals surface area (Å²) in [6.45, 7) is 1.73. The standard InChI is InChI=1S/C11H16N4O4S/c1-6(9-13-4-5-20-9)14-11(19)15-7(10(17)18)2-3-8(12)16/h4-7H,2-3H2,1H3,(H2,12,16)(H,17,18)(H2,14,15,19)/t6?,7-/m1/s1. The van der Waals surface area contributed by atoms with Gasteiger partial charge in [-0.25, -0.2) is 14.6 Å². The fourth-order valence-electron chi connectivity index (χ4n) is 1.45. The van der Waals surface area contributed by atoms with E-state index in [1.165, 1.54) is 11.3 Å². The molecule has 0 radical (unpaired) electrons. The monoisotopic (exact) mass is 300 g/mol. The van der Waals surface area contributed by atoms with Gasteiger partial charge < -0.3 is 21.5 Å². The van der Waals surface area contributed by atoms with E-state index in [-0.39, 0.29) is 18.9 Å². The van der Waals surface area contributed by atoms with Gasteiger partial charge in [0.2, 0.25) is 5.91 Å². The highest BCUT2D eigenvalue weighted by Crippen LogP contribution is 2.14. The van der Waals surface area contributed by atoms with Crippen molar-refractivity contribution in [1.29, 1.82) is 0 Å². The molecule has 0 saturated heterocycles. The topological polar surface area (TPSA) is 134 Å². The third kappa shape index (κ3) is 5.22. The number of aliphatic carboxylic acids is 1. The molecular formula is C11H16N4O4S. The van der Waals surface area contributed by atoms with E-state index in [0.717, 1.165) is 0 Å². The summed E-state index contributed by atoms with van der Waals surface area (Å²) in [6, 6.07) is -2.13. The molecule has 1 rings (SSSR count). The number of carboxylic acids is 1. The molecule has 0 aliphatic rings. The van der Waals surface area contributed by atoms with Crippen LogP contribution < -0.4 is 16.4 Å². The summed E-state index contributed by atoms with van der Waals surface area (Å²) < 4.78 is 0. The van der Waals surface area contributed by atoms with Crippen LogP contribution in [0.2, 0.25) is 0 Å². The number of thiazole rings is 1. The SMILES string of the molecule is CC(NC(=O)N[C@H](CCC(N)=O)C(=O)O)c1nccs1. The van der Waals surface area contributed by atoms with Gasteiger partial charge in [0.15, 0.2) is 0 Å². The fraction of sp³-hybridized carbons (Fsp3) is 0.455. The first-order valence-electron chi connectivity index (χ1n) is 5.87. The molecule has 0 aliphatic heterocycles. The Kier molecular flexibility index (Phi) is 5.91. The lowest BCUT2D eigenvalue weighted by Crippen LogP contribution is -2.46. The van der Waals surface area contributed by atoms with Crippen LogP contribution in [0.1, 0.15) is 30.8 Å². The number of hydrogen-bond acceptors (Lipinski definition) is 5. The van der Waals surface area contributed by atoms with Crippen molar-refractivity contribution < 1.29 is 19.5 Å². The van der Waals surface area contributed by atoms with Gasteiger partial charge in [0, 0.05) is 18.0 Å². The van der Waals surface area contributed by atoms with Gasteiger partial charge in [-0.15, -0.1) is 11.3 Å². The van der Waals surface area contributed by atoms with Crippen LogP contribution in [0.25, 0.3) is 0 Å². The number of nitrogens with zero attached hydrogens (tertiary/aromatic N) is 1. The number of hydrogen-bond donors (Lipinski definition) is 4. The van der Waals surface area contributed by atoms with E-state index in [9.17, 15) is 14.4 Å². The molecule has 9 heteroatoms. The molecule has 0 fully saturated rings. The first-order valence-corrected chi connectivity index (χ1v) is 6.75. The maximum atomic E-state index is 11.7. The van der Waals surface area contributed by atoms with Crippen molar-refractivity contribution in [2.24, 2.45) is 5.73 Å². The molecule has 1 heterocycles. The van der Waals surface area contributed by atoms with Gasteiger partial charge in [-0.05, 0) is 13.3 Å². The molecule has 0 aliphatic carbocycles. The van der Waals surface area contributed by atoms with E-state index in [1.54, 1.807) is 18.5 Å². The summed E-state index contributed by atoms with van der Waals surface area (Å²) in [5, 5.41) is 16.3. The summed E-state index contributed by atoms with van der Waals surface area (Å²) in [6.07, 6.45) is 1.45. The van der Waals surface area contributed by atoms with E-state index in [1.807, 2.05) is 0 Å². The van der Waals surface area contributed by atoms with Crippen molar-refractivity contribution in [3.63, 3.8) is 0 Å². The summed E-state index contributed by atoms with van der Waals surface area (Å²) in [7, 11) is 0. The zero-order valence-electron chi connectivity index (χ0n) is 10.8. The van der Waals surface area contributed by atoms with Crippen molar-refractivity contribution in [2.75, 3.05) is 0 Å². The average molecular weight is 300 g/mol. The van der Waals surface area contributed by atoms with Crippen molar-refractivity contribution in [2.45, 2.75) is 31.8 Å². The Bertz CT molecular complexity index is 477. The van der Waals surface area contributed by atoms with Gasteiger partial charge in [0.25, 0.3) is 0 Å². The molecular weight excluding hydrogens is 284 g/mol. The third-order valence-electron chi connectivity index (χ3n) is 2.45.